The van der Waals surface area contributed by atoms with E-state index < -0.39 is 0 Å². The average Bonchev–Trinajstić information content (AvgIpc) is 2.83. The molecule has 1 aromatic heterocycles. The summed E-state index contributed by atoms with van der Waals surface area (Å²) in [5.41, 5.74) is 3.21. The molecule has 0 fully saturated rings. The Bertz CT molecular complexity index is 521. The number of hydrogen-bond acceptors (Lipinski definition) is 4. The van der Waals surface area contributed by atoms with E-state index >= 15 is 0 Å². The van der Waals surface area contributed by atoms with Crippen molar-refractivity contribution in [2.24, 2.45) is 0 Å². The smallest absolute Gasteiger partial charge is 0.0898 e. The minimum atomic E-state index is -0.361. The van der Waals surface area contributed by atoms with E-state index in [-0.39, 0.29) is 6.10 Å². The predicted molar refractivity (Wildman–Crippen MR) is 80.7 cm³/mol. The van der Waals surface area contributed by atoms with Gasteiger partial charge in [-0.05, 0) is 31.0 Å². The summed E-state index contributed by atoms with van der Waals surface area (Å²) in [4.78, 5) is 6.64. The highest BCUT2D eigenvalue weighted by atomic mass is 32.1. The molecule has 2 rings (SSSR count). The van der Waals surface area contributed by atoms with Crippen LogP contribution < -0.4 is 4.90 Å². The van der Waals surface area contributed by atoms with Gasteiger partial charge in [-0.15, -0.1) is 11.3 Å². The van der Waals surface area contributed by atoms with Crippen molar-refractivity contribution in [3.05, 3.63) is 45.9 Å². The molecule has 0 saturated heterocycles. The van der Waals surface area contributed by atoms with Crippen molar-refractivity contribution in [2.75, 3.05) is 11.9 Å². The van der Waals surface area contributed by atoms with Gasteiger partial charge in [-0.3, -0.25) is 0 Å². The number of anilines is 1. The van der Waals surface area contributed by atoms with Crippen molar-refractivity contribution in [3.8, 4) is 0 Å². The van der Waals surface area contributed by atoms with Crippen LogP contribution in [0.15, 0.2) is 29.6 Å². The minimum absolute atomic E-state index is 0.361. The van der Waals surface area contributed by atoms with E-state index in [9.17, 15) is 5.11 Å². The lowest BCUT2D eigenvalue weighted by Crippen LogP contribution is -2.16. The predicted octanol–water partition coefficient (Wildman–Crippen LogP) is 3.53. The summed E-state index contributed by atoms with van der Waals surface area (Å²) < 4.78 is 0. The number of benzene rings is 1. The van der Waals surface area contributed by atoms with Crippen LogP contribution in [0, 0.1) is 6.92 Å². The molecule has 0 aliphatic rings. The minimum Gasteiger partial charge on any atom is -0.388 e. The number of aromatic nitrogens is 1. The topological polar surface area (TPSA) is 36.4 Å². The van der Waals surface area contributed by atoms with Crippen LogP contribution in [0.4, 0.5) is 5.69 Å². The largest absolute Gasteiger partial charge is 0.388 e. The maximum Gasteiger partial charge on any atom is 0.0898 e. The first-order valence-corrected chi connectivity index (χ1v) is 7.38. The fourth-order valence-electron chi connectivity index (χ4n) is 2.00. The lowest BCUT2D eigenvalue weighted by Gasteiger charge is -2.19. The van der Waals surface area contributed by atoms with Gasteiger partial charge in [0.2, 0.25) is 0 Å². The lowest BCUT2D eigenvalue weighted by molar-refractivity contribution is 0.173. The van der Waals surface area contributed by atoms with Gasteiger partial charge in [0.25, 0.3) is 0 Å². The van der Waals surface area contributed by atoms with Crippen molar-refractivity contribution in [3.63, 3.8) is 0 Å². The van der Waals surface area contributed by atoms with Crippen LogP contribution in [0.3, 0.4) is 0 Å². The second kappa shape index (κ2) is 6.17. The molecule has 3 nitrogen and oxygen atoms in total. The molecule has 102 valence electrons. The van der Waals surface area contributed by atoms with Crippen LogP contribution >= 0.6 is 11.3 Å². The van der Waals surface area contributed by atoms with E-state index in [0.717, 1.165) is 34.9 Å². The number of aliphatic hydroxyl groups excluding tert-OH is 1. The standard InChI is InChI=1S/C15H20N2OS/c1-4-15(18)12-5-7-14(8-6-12)17(3)9-13-10-19-11(2)16-13/h5-8,10,15,18H,4,9H2,1-3H3. The Balaban J connectivity index is 2.05. The first kappa shape index (κ1) is 14.0. The summed E-state index contributed by atoms with van der Waals surface area (Å²) in [6, 6.07) is 8.08. The van der Waals surface area contributed by atoms with E-state index in [0.29, 0.717) is 0 Å². The molecule has 0 spiro atoms. The van der Waals surface area contributed by atoms with Crippen LogP contribution in [-0.4, -0.2) is 17.1 Å². The zero-order chi connectivity index (χ0) is 13.8. The number of thiazole rings is 1. The third kappa shape index (κ3) is 3.55. The SMILES string of the molecule is CCC(O)c1ccc(N(C)Cc2csc(C)n2)cc1. The third-order valence-corrected chi connectivity index (χ3v) is 3.99. The van der Waals surface area contributed by atoms with E-state index in [1.54, 1.807) is 11.3 Å². The third-order valence-electron chi connectivity index (χ3n) is 3.17. The second-order valence-corrected chi connectivity index (χ2v) is 5.79. The van der Waals surface area contributed by atoms with E-state index in [2.05, 4.69) is 22.3 Å². The van der Waals surface area contributed by atoms with Crippen LogP contribution in [0.5, 0.6) is 0 Å². The normalized spacial score (nSPS) is 12.4. The maximum atomic E-state index is 9.77. The van der Waals surface area contributed by atoms with E-state index in [1.165, 1.54) is 0 Å². The molecule has 1 N–H and O–H groups in total. The molecule has 19 heavy (non-hydrogen) atoms. The number of nitrogens with zero attached hydrogens (tertiary/aromatic N) is 2. The highest BCUT2D eigenvalue weighted by Crippen LogP contribution is 2.21. The summed E-state index contributed by atoms with van der Waals surface area (Å²) in [5.74, 6) is 0. The monoisotopic (exact) mass is 276 g/mol. The molecular weight excluding hydrogens is 256 g/mol. The van der Waals surface area contributed by atoms with Crippen molar-refractivity contribution in [1.82, 2.24) is 4.98 Å². The summed E-state index contributed by atoms with van der Waals surface area (Å²) in [6.45, 7) is 4.81. The first-order valence-electron chi connectivity index (χ1n) is 6.50. The number of rotatable bonds is 5. The molecule has 1 heterocycles. The fraction of sp³-hybridized carbons (Fsp3) is 0.400. The van der Waals surface area contributed by atoms with Gasteiger partial charge >= 0.3 is 0 Å². The van der Waals surface area contributed by atoms with Crippen molar-refractivity contribution >= 4 is 17.0 Å². The van der Waals surface area contributed by atoms with E-state index in [4.69, 9.17) is 0 Å². The number of hydrogen-bond donors (Lipinski definition) is 1. The van der Waals surface area contributed by atoms with Crippen LogP contribution in [-0.2, 0) is 6.54 Å². The quantitative estimate of drug-likeness (QED) is 0.907. The summed E-state index contributed by atoms with van der Waals surface area (Å²) in [6.07, 6.45) is 0.383. The van der Waals surface area contributed by atoms with Gasteiger partial charge in [-0.1, -0.05) is 19.1 Å². The Labute approximate surface area is 118 Å². The molecule has 4 heteroatoms. The van der Waals surface area contributed by atoms with Gasteiger partial charge < -0.3 is 10.0 Å². The van der Waals surface area contributed by atoms with Gasteiger partial charge in [0.05, 0.1) is 23.4 Å². The van der Waals surface area contributed by atoms with Gasteiger partial charge in [-0.25, -0.2) is 4.98 Å². The molecule has 1 unspecified atom stereocenters. The zero-order valence-corrected chi connectivity index (χ0v) is 12.4. The first-order chi connectivity index (χ1) is 9.10. The van der Waals surface area contributed by atoms with Crippen molar-refractivity contribution < 1.29 is 5.11 Å². The molecule has 1 aromatic carbocycles. The Morgan fingerprint density at radius 3 is 2.53 bits per heavy atom. The second-order valence-electron chi connectivity index (χ2n) is 4.73. The maximum absolute atomic E-state index is 9.77. The molecule has 0 radical (unpaired) electrons. The van der Waals surface area contributed by atoms with Crippen LogP contribution in [0.25, 0.3) is 0 Å². The van der Waals surface area contributed by atoms with Crippen LogP contribution in [0.1, 0.15) is 35.7 Å². The molecule has 0 aliphatic carbocycles. The molecule has 0 amide bonds. The molecule has 2 aromatic rings. The van der Waals surface area contributed by atoms with E-state index in [1.807, 2.05) is 38.1 Å². The van der Waals surface area contributed by atoms with Gasteiger partial charge in [0, 0.05) is 18.1 Å². The Hall–Kier alpha value is -1.39. The molecule has 1 atom stereocenters. The Morgan fingerprint density at radius 2 is 2.00 bits per heavy atom. The van der Waals surface area contributed by atoms with Gasteiger partial charge in [0.1, 0.15) is 0 Å². The van der Waals surface area contributed by atoms with Crippen molar-refractivity contribution in [1.29, 1.82) is 0 Å². The lowest BCUT2D eigenvalue weighted by atomic mass is 10.1. The van der Waals surface area contributed by atoms with Crippen molar-refractivity contribution in [2.45, 2.75) is 32.9 Å². The van der Waals surface area contributed by atoms with Crippen LogP contribution in [0.2, 0.25) is 0 Å². The summed E-state index contributed by atoms with van der Waals surface area (Å²) in [5, 5.41) is 13.0. The number of aliphatic hydroxyl groups is 1. The molecular formula is C15H20N2OS. The highest BCUT2D eigenvalue weighted by Gasteiger charge is 2.07. The number of aryl methyl sites for hydroxylation is 1. The van der Waals surface area contributed by atoms with Gasteiger partial charge in [0.15, 0.2) is 0 Å². The zero-order valence-electron chi connectivity index (χ0n) is 11.6. The average molecular weight is 276 g/mol. The summed E-state index contributed by atoms with van der Waals surface area (Å²) >= 11 is 1.68. The summed E-state index contributed by atoms with van der Waals surface area (Å²) in [7, 11) is 2.06. The highest BCUT2D eigenvalue weighted by molar-refractivity contribution is 7.09. The Kier molecular flexibility index (Phi) is 4.56. The molecule has 0 aliphatic heterocycles. The fourth-order valence-corrected chi connectivity index (χ4v) is 2.61. The Morgan fingerprint density at radius 1 is 1.32 bits per heavy atom. The molecule has 0 saturated carbocycles. The van der Waals surface area contributed by atoms with Gasteiger partial charge in [-0.2, -0.15) is 0 Å². The molecule has 0 bridgehead atoms.